The first-order valence-corrected chi connectivity index (χ1v) is 11.4. The number of ether oxygens (including phenoxy) is 1. The van der Waals surface area contributed by atoms with E-state index in [0.717, 1.165) is 23.4 Å². The Morgan fingerprint density at radius 2 is 1.58 bits per heavy atom. The predicted octanol–water partition coefficient (Wildman–Crippen LogP) is 6.02. The number of ketones is 1. The van der Waals surface area contributed by atoms with E-state index >= 15 is 0 Å². The summed E-state index contributed by atoms with van der Waals surface area (Å²) < 4.78 is 5.89. The lowest BCUT2D eigenvalue weighted by Gasteiger charge is -2.18. The fourth-order valence-electron chi connectivity index (χ4n) is 4.12. The van der Waals surface area contributed by atoms with Gasteiger partial charge in [-0.05, 0) is 79.9 Å². The number of nitrogens with zero attached hydrogens (tertiary/aromatic N) is 1. The minimum atomic E-state index is -0.246. The number of rotatable bonds is 9. The van der Waals surface area contributed by atoms with E-state index in [1.54, 1.807) is 0 Å². The molecular formula is C27H28ClNO2. The molecule has 0 saturated carbocycles. The lowest BCUT2D eigenvalue weighted by Crippen LogP contribution is -2.25. The number of Topliss-reactive ketones (excluding diaryl/α,β-unsaturated/α-hetero) is 1. The van der Waals surface area contributed by atoms with Gasteiger partial charge in [-0.1, -0.05) is 54.1 Å². The van der Waals surface area contributed by atoms with E-state index in [9.17, 15) is 4.79 Å². The van der Waals surface area contributed by atoms with E-state index in [1.165, 1.54) is 25.9 Å². The Kier molecular flexibility index (Phi) is 7.39. The molecule has 0 spiro atoms. The Morgan fingerprint density at radius 3 is 2.26 bits per heavy atom. The normalized spacial score (nSPS) is 15.0. The monoisotopic (exact) mass is 433 g/mol. The van der Waals surface area contributed by atoms with Crippen LogP contribution in [-0.4, -0.2) is 36.9 Å². The van der Waals surface area contributed by atoms with Crippen LogP contribution in [0.2, 0.25) is 5.02 Å². The fraction of sp³-hybridized carbons (Fsp3) is 0.296. The summed E-state index contributed by atoms with van der Waals surface area (Å²) in [6, 6.07) is 25.3. The van der Waals surface area contributed by atoms with Gasteiger partial charge in [0.1, 0.15) is 12.4 Å². The van der Waals surface area contributed by atoms with Crippen molar-refractivity contribution in [3.05, 3.63) is 101 Å². The summed E-state index contributed by atoms with van der Waals surface area (Å²) in [5.41, 5.74) is 2.82. The number of likely N-dealkylation sites (tertiary alicyclic amines) is 1. The Morgan fingerprint density at radius 1 is 0.903 bits per heavy atom. The van der Waals surface area contributed by atoms with Crippen LogP contribution >= 0.6 is 11.6 Å². The standard InChI is InChI=1S/C27H28ClNO2/c28-24-12-8-21(9-13-24)20-26(22-6-2-1-3-7-22)27(30)23-10-14-25(15-11-23)31-19-18-29-16-4-5-17-29/h1-3,6-15,26H,4-5,16-20H2. The molecule has 0 aliphatic carbocycles. The van der Waals surface area contributed by atoms with Gasteiger partial charge in [-0.3, -0.25) is 9.69 Å². The third-order valence-corrected chi connectivity index (χ3v) is 6.14. The SMILES string of the molecule is O=C(c1ccc(OCCN2CCCC2)cc1)C(Cc1ccc(Cl)cc1)c1ccccc1. The Labute approximate surface area is 189 Å². The average molecular weight is 434 g/mol. The maximum atomic E-state index is 13.4. The van der Waals surface area contributed by atoms with Crippen LogP contribution in [0.15, 0.2) is 78.9 Å². The number of carbonyl (C=O) groups excluding carboxylic acids is 1. The van der Waals surface area contributed by atoms with Crippen LogP contribution in [0.25, 0.3) is 0 Å². The highest BCUT2D eigenvalue weighted by Gasteiger charge is 2.22. The highest BCUT2D eigenvalue weighted by atomic mass is 35.5. The van der Waals surface area contributed by atoms with E-state index in [-0.39, 0.29) is 11.7 Å². The van der Waals surface area contributed by atoms with Crippen LogP contribution in [0.4, 0.5) is 0 Å². The molecule has 31 heavy (non-hydrogen) atoms. The van der Waals surface area contributed by atoms with Crippen molar-refractivity contribution in [2.45, 2.75) is 25.2 Å². The number of hydrogen-bond donors (Lipinski definition) is 0. The van der Waals surface area contributed by atoms with Crippen molar-refractivity contribution < 1.29 is 9.53 Å². The van der Waals surface area contributed by atoms with Crippen molar-refractivity contribution in [3.8, 4) is 5.75 Å². The molecule has 1 unspecified atom stereocenters. The molecule has 1 aliphatic rings. The van der Waals surface area contributed by atoms with Crippen LogP contribution in [0.3, 0.4) is 0 Å². The molecule has 3 aromatic carbocycles. The molecule has 0 radical (unpaired) electrons. The zero-order valence-electron chi connectivity index (χ0n) is 17.7. The van der Waals surface area contributed by atoms with Gasteiger partial charge in [0.05, 0.1) is 5.92 Å². The van der Waals surface area contributed by atoms with E-state index in [0.29, 0.717) is 23.6 Å². The molecule has 0 bridgehead atoms. The number of benzene rings is 3. The second-order valence-corrected chi connectivity index (χ2v) is 8.52. The van der Waals surface area contributed by atoms with Gasteiger partial charge in [0.2, 0.25) is 0 Å². The van der Waals surface area contributed by atoms with E-state index in [4.69, 9.17) is 16.3 Å². The van der Waals surface area contributed by atoms with Crippen molar-refractivity contribution in [2.75, 3.05) is 26.2 Å². The van der Waals surface area contributed by atoms with Crippen molar-refractivity contribution in [1.29, 1.82) is 0 Å². The molecular weight excluding hydrogens is 406 g/mol. The zero-order chi connectivity index (χ0) is 21.5. The van der Waals surface area contributed by atoms with Crippen LogP contribution in [-0.2, 0) is 6.42 Å². The highest BCUT2D eigenvalue weighted by molar-refractivity contribution is 6.30. The first-order valence-electron chi connectivity index (χ1n) is 11.0. The molecule has 0 aromatic heterocycles. The summed E-state index contributed by atoms with van der Waals surface area (Å²) in [4.78, 5) is 15.9. The van der Waals surface area contributed by atoms with E-state index in [2.05, 4.69) is 4.90 Å². The largest absolute Gasteiger partial charge is 0.492 e. The van der Waals surface area contributed by atoms with Crippen LogP contribution in [0.1, 0.15) is 40.2 Å². The quantitative estimate of drug-likeness (QED) is 0.386. The maximum Gasteiger partial charge on any atom is 0.170 e. The molecule has 1 atom stereocenters. The van der Waals surface area contributed by atoms with Crippen LogP contribution in [0.5, 0.6) is 5.75 Å². The number of carbonyl (C=O) groups is 1. The smallest absolute Gasteiger partial charge is 0.170 e. The molecule has 1 aliphatic heterocycles. The molecule has 1 saturated heterocycles. The van der Waals surface area contributed by atoms with Gasteiger partial charge in [-0.2, -0.15) is 0 Å². The highest BCUT2D eigenvalue weighted by Crippen LogP contribution is 2.27. The second kappa shape index (κ2) is 10.6. The first-order chi connectivity index (χ1) is 15.2. The predicted molar refractivity (Wildman–Crippen MR) is 126 cm³/mol. The molecule has 4 rings (SSSR count). The van der Waals surface area contributed by atoms with Crippen LogP contribution in [0, 0.1) is 0 Å². The molecule has 4 heteroatoms. The van der Waals surface area contributed by atoms with Gasteiger partial charge in [-0.15, -0.1) is 0 Å². The van der Waals surface area contributed by atoms with Gasteiger partial charge < -0.3 is 4.74 Å². The molecule has 0 amide bonds. The number of hydrogen-bond acceptors (Lipinski definition) is 3. The van der Waals surface area contributed by atoms with Gasteiger partial charge in [-0.25, -0.2) is 0 Å². The topological polar surface area (TPSA) is 29.5 Å². The van der Waals surface area contributed by atoms with Crippen molar-refractivity contribution in [3.63, 3.8) is 0 Å². The molecule has 1 heterocycles. The third kappa shape index (κ3) is 5.96. The zero-order valence-corrected chi connectivity index (χ0v) is 18.4. The van der Waals surface area contributed by atoms with Gasteiger partial charge in [0, 0.05) is 17.1 Å². The third-order valence-electron chi connectivity index (χ3n) is 5.89. The molecule has 160 valence electrons. The maximum absolute atomic E-state index is 13.4. The van der Waals surface area contributed by atoms with Gasteiger partial charge in [0.15, 0.2) is 5.78 Å². The summed E-state index contributed by atoms with van der Waals surface area (Å²) in [7, 11) is 0. The summed E-state index contributed by atoms with van der Waals surface area (Å²) in [6.07, 6.45) is 3.21. The Balaban J connectivity index is 1.45. The molecule has 3 aromatic rings. The second-order valence-electron chi connectivity index (χ2n) is 8.08. The molecule has 0 N–H and O–H groups in total. The minimum absolute atomic E-state index is 0.116. The van der Waals surface area contributed by atoms with Crippen molar-refractivity contribution in [1.82, 2.24) is 4.90 Å². The number of halogens is 1. The summed E-state index contributed by atoms with van der Waals surface area (Å²) in [6.45, 7) is 3.98. The summed E-state index contributed by atoms with van der Waals surface area (Å²) in [5.74, 6) is 0.679. The average Bonchev–Trinajstić information content (AvgIpc) is 3.33. The van der Waals surface area contributed by atoms with E-state index in [1.807, 2.05) is 78.9 Å². The Hall–Kier alpha value is -2.62. The Bertz CT molecular complexity index is 964. The fourth-order valence-corrected chi connectivity index (χ4v) is 4.24. The van der Waals surface area contributed by atoms with Crippen LogP contribution < -0.4 is 4.74 Å². The summed E-state index contributed by atoms with van der Waals surface area (Å²) >= 11 is 6.03. The lowest BCUT2D eigenvalue weighted by molar-refractivity contribution is 0.0959. The van der Waals surface area contributed by atoms with Gasteiger partial charge >= 0.3 is 0 Å². The first kappa shape index (κ1) is 21.6. The van der Waals surface area contributed by atoms with Crippen molar-refractivity contribution in [2.24, 2.45) is 0 Å². The summed E-state index contributed by atoms with van der Waals surface area (Å²) in [5, 5.41) is 0.701. The molecule has 3 nitrogen and oxygen atoms in total. The minimum Gasteiger partial charge on any atom is -0.492 e. The van der Waals surface area contributed by atoms with Crippen molar-refractivity contribution >= 4 is 17.4 Å². The lowest BCUT2D eigenvalue weighted by atomic mass is 9.85. The van der Waals surface area contributed by atoms with E-state index < -0.39 is 0 Å². The van der Waals surface area contributed by atoms with Gasteiger partial charge in [0.25, 0.3) is 0 Å². The molecule has 1 fully saturated rings.